The van der Waals surface area contributed by atoms with E-state index in [9.17, 15) is 19.1 Å². The summed E-state index contributed by atoms with van der Waals surface area (Å²) in [5, 5.41) is 9.31. The summed E-state index contributed by atoms with van der Waals surface area (Å²) in [5.41, 5.74) is -0.327. The predicted molar refractivity (Wildman–Crippen MR) is 84.0 cm³/mol. The Balaban J connectivity index is 2.00. The van der Waals surface area contributed by atoms with E-state index < -0.39 is 29.8 Å². The van der Waals surface area contributed by atoms with Crippen LogP contribution in [0.5, 0.6) is 0 Å². The minimum Gasteiger partial charge on any atom is -0.480 e. The number of likely N-dealkylation sites (tertiary alicyclic amines) is 1. The predicted octanol–water partition coefficient (Wildman–Crippen LogP) is 2.80. The van der Waals surface area contributed by atoms with Gasteiger partial charge in [-0.2, -0.15) is 0 Å². The third-order valence-corrected chi connectivity index (χ3v) is 3.61. The summed E-state index contributed by atoms with van der Waals surface area (Å²) in [6.45, 7) is 5.25. The van der Waals surface area contributed by atoms with Crippen LogP contribution in [0.4, 0.5) is 9.18 Å². The van der Waals surface area contributed by atoms with Gasteiger partial charge in [0.1, 0.15) is 17.5 Å². The molecular weight excluding hydrogens is 317 g/mol. The van der Waals surface area contributed by atoms with Crippen LogP contribution in [0.25, 0.3) is 0 Å². The number of amides is 1. The molecule has 1 aromatic rings. The standard InChI is InChI=1S/C17H22FNO5/c1-17(2,3)24-16(22)19-9-12(8-14(19)15(20)21)23-10-11-6-4-5-7-13(11)18/h4-7,12,14H,8-10H2,1-3H3,(H,20,21)/t12-,14+/m1/s1. The number of carboxylic acid groups (broad SMARTS) is 1. The number of rotatable bonds is 4. The van der Waals surface area contributed by atoms with E-state index in [0.29, 0.717) is 5.56 Å². The molecule has 1 aliphatic heterocycles. The van der Waals surface area contributed by atoms with Gasteiger partial charge >= 0.3 is 12.1 Å². The molecule has 0 aliphatic carbocycles. The summed E-state index contributed by atoms with van der Waals surface area (Å²) < 4.78 is 24.4. The fraction of sp³-hybridized carbons (Fsp3) is 0.529. The first-order valence-electron chi connectivity index (χ1n) is 7.75. The zero-order valence-corrected chi connectivity index (χ0v) is 14.0. The number of carbonyl (C=O) groups is 2. The van der Waals surface area contributed by atoms with Gasteiger partial charge in [-0.05, 0) is 26.8 Å². The summed E-state index contributed by atoms with van der Waals surface area (Å²) >= 11 is 0. The maximum atomic E-state index is 13.6. The summed E-state index contributed by atoms with van der Waals surface area (Å²) in [7, 11) is 0. The quantitative estimate of drug-likeness (QED) is 0.913. The lowest BCUT2D eigenvalue weighted by atomic mass is 10.2. The van der Waals surface area contributed by atoms with Crippen molar-refractivity contribution in [3.8, 4) is 0 Å². The Labute approximate surface area is 140 Å². The van der Waals surface area contributed by atoms with Gasteiger partial charge in [0.25, 0.3) is 0 Å². The van der Waals surface area contributed by atoms with Crippen LogP contribution in [0.1, 0.15) is 32.8 Å². The maximum Gasteiger partial charge on any atom is 0.411 e. The van der Waals surface area contributed by atoms with Gasteiger partial charge in [-0.1, -0.05) is 18.2 Å². The van der Waals surface area contributed by atoms with E-state index in [1.165, 1.54) is 6.07 Å². The van der Waals surface area contributed by atoms with Crippen molar-refractivity contribution in [1.29, 1.82) is 0 Å². The Bertz CT molecular complexity index is 613. The van der Waals surface area contributed by atoms with Gasteiger partial charge in [-0.15, -0.1) is 0 Å². The van der Waals surface area contributed by atoms with Crippen molar-refractivity contribution in [3.05, 3.63) is 35.6 Å². The number of hydrogen-bond acceptors (Lipinski definition) is 4. The highest BCUT2D eigenvalue weighted by atomic mass is 19.1. The van der Waals surface area contributed by atoms with Crippen molar-refractivity contribution in [2.24, 2.45) is 0 Å². The molecule has 7 heteroatoms. The first-order chi connectivity index (χ1) is 11.2. The second-order valence-electron chi connectivity index (χ2n) is 6.75. The van der Waals surface area contributed by atoms with E-state index in [1.54, 1.807) is 39.0 Å². The van der Waals surface area contributed by atoms with Crippen LogP contribution in [0.15, 0.2) is 24.3 Å². The van der Waals surface area contributed by atoms with Crippen LogP contribution in [0, 0.1) is 5.82 Å². The Morgan fingerprint density at radius 3 is 2.58 bits per heavy atom. The van der Waals surface area contributed by atoms with Crippen LogP contribution >= 0.6 is 0 Å². The van der Waals surface area contributed by atoms with Crippen molar-refractivity contribution in [2.45, 2.75) is 51.5 Å². The molecule has 0 aromatic heterocycles. The topological polar surface area (TPSA) is 76.1 Å². The average Bonchev–Trinajstić information content (AvgIpc) is 2.89. The smallest absolute Gasteiger partial charge is 0.411 e. The Hall–Kier alpha value is -2.15. The van der Waals surface area contributed by atoms with Gasteiger partial charge in [-0.25, -0.2) is 14.0 Å². The van der Waals surface area contributed by atoms with E-state index in [-0.39, 0.29) is 25.4 Å². The minimum absolute atomic E-state index is 0.0197. The molecule has 6 nitrogen and oxygen atoms in total. The van der Waals surface area contributed by atoms with E-state index in [1.807, 2.05) is 0 Å². The molecule has 1 N–H and O–H groups in total. The van der Waals surface area contributed by atoms with Gasteiger partial charge in [0, 0.05) is 12.0 Å². The lowest BCUT2D eigenvalue weighted by Gasteiger charge is -2.26. The monoisotopic (exact) mass is 339 g/mol. The van der Waals surface area contributed by atoms with Gasteiger partial charge in [0.15, 0.2) is 0 Å². The maximum absolute atomic E-state index is 13.6. The molecule has 1 aliphatic rings. The third kappa shape index (κ3) is 4.67. The minimum atomic E-state index is -1.11. The van der Waals surface area contributed by atoms with Gasteiger partial charge < -0.3 is 14.6 Å². The molecule has 0 bridgehead atoms. The normalized spacial score (nSPS) is 20.9. The Morgan fingerprint density at radius 2 is 2.00 bits per heavy atom. The number of hydrogen-bond donors (Lipinski definition) is 1. The number of aliphatic carboxylic acids is 1. The zero-order valence-electron chi connectivity index (χ0n) is 14.0. The second-order valence-corrected chi connectivity index (χ2v) is 6.75. The highest BCUT2D eigenvalue weighted by Gasteiger charge is 2.42. The molecule has 1 aromatic carbocycles. The molecule has 1 saturated heterocycles. The van der Waals surface area contributed by atoms with Crippen LogP contribution in [0.3, 0.4) is 0 Å². The number of carboxylic acids is 1. The fourth-order valence-electron chi connectivity index (χ4n) is 2.50. The molecule has 1 fully saturated rings. The largest absolute Gasteiger partial charge is 0.480 e. The lowest BCUT2D eigenvalue weighted by Crippen LogP contribution is -2.43. The van der Waals surface area contributed by atoms with Crippen molar-refractivity contribution in [1.82, 2.24) is 4.90 Å². The molecule has 1 amide bonds. The second kappa shape index (κ2) is 7.17. The summed E-state index contributed by atoms with van der Waals surface area (Å²) in [5.74, 6) is -1.49. The molecule has 0 spiro atoms. The highest BCUT2D eigenvalue weighted by Crippen LogP contribution is 2.24. The van der Waals surface area contributed by atoms with E-state index in [0.717, 1.165) is 4.90 Å². The number of nitrogens with zero attached hydrogens (tertiary/aromatic N) is 1. The first kappa shape index (κ1) is 18.2. The van der Waals surface area contributed by atoms with Crippen LogP contribution in [0.2, 0.25) is 0 Å². The number of benzene rings is 1. The van der Waals surface area contributed by atoms with Crippen molar-refractivity contribution in [2.75, 3.05) is 6.54 Å². The zero-order chi connectivity index (χ0) is 17.9. The Morgan fingerprint density at radius 1 is 1.33 bits per heavy atom. The van der Waals surface area contributed by atoms with Crippen molar-refractivity contribution >= 4 is 12.1 Å². The van der Waals surface area contributed by atoms with Crippen LogP contribution in [-0.4, -0.2) is 46.4 Å². The Kier molecular flexibility index (Phi) is 5.43. The molecule has 1 heterocycles. The van der Waals surface area contributed by atoms with Gasteiger partial charge in [0.2, 0.25) is 0 Å². The molecule has 0 radical (unpaired) electrons. The summed E-state index contributed by atoms with van der Waals surface area (Å²) in [4.78, 5) is 24.7. The van der Waals surface area contributed by atoms with Crippen LogP contribution in [-0.2, 0) is 20.9 Å². The summed E-state index contributed by atoms with van der Waals surface area (Å²) in [6, 6.07) is 5.21. The highest BCUT2D eigenvalue weighted by molar-refractivity contribution is 5.81. The average molecular weight is 339 g/mol. The fourth-order valence-corrected chi connectivity index (χ4v) is 2.50. The molecule has 24 heavy (non-hydrogen) atoms. The SMILES string of the molecule is CC(C)(C)OC(=O)N1C[C@H](OCc2ccccc2F)C[C@H]1C(=O)O. The number of carbonyl (C=O) groups excluding carboxylic acids is 1. The molecule has 0 saturated carbocycles. The molecule has 132 valence electrons. The van der Waals surface area contributed by atoms with E-state index in [2.05, 4.69) is 0 Å². The van der Waals surface area contributed by atoms with Gasteiger partial charge in [-0.3, -0.25) is 4.90 Å². The molecule has 2 atom stereocenters. The van der Waals surface area contributed by atoms with Crippen molar-refractivity contribution < 1.29 is 28.6 Å². The molecular formula is C17H22FNO5. The first-order valence-corrected chi connectivity index (χ1v) is 7.75. The van der Waals surface area contributed by atoms with E-state index >= 15 is 0 Å². The van der Waals surface area contributed by atoms with Crippen LogP contribution < -0.4 is 0 Å². The lowest BCUT2D eigenvalue weighted by molar-refractivity contribution is -0.142. The van der Waals surface area contributed by atoms with Crippen molar-refractivity contribution in [3.63, 3.8) is 0 Å². The molecule has 0 unspecified atom stereocenters. The summed E-state index contributed by atoms with van der Waals surface area (Å²) in [6.07, 6.45) is -1.03. The van der Waals surface area contributed by atoms with E-state index in [4.69, 9.17) is 9.47 Å². The van der Waals surface area contributed by atoms with Gasteiger partial charge in [0.05, 0.1) is 19.3 Å². The number of ether oxygens (including phenoxy) is 2. The third-order valence-electron chi connectivity index (χ3n) is 3.61. The number of halogens is 1. The molecule has 2 rings (SSSR count).